The third kappa shape index (κ3) is 8.56. The molecule has 7 nitrogen and oxygen atoms in total. The first-order valence-corrected chi connectivity index (χ1v) is 17.0. The Hall–Kier alpha value is -3.69. The SMILES string of the molecule is CCCCC1(CCCC)CN(c2ccccc2)c2cc(N(C)C)c(O/C=C(\F)C(=O)OCC)cc2SN1Cc1ccc(OC)cc1. The summed E-state index contributed by atoms with van der Waals surface area (Å²) in [6.45, 7) is 7.76. The molecule has 4 rings (SSSR count). The maximum Gasteiger partial charge on any atom is 0.370 e. The van der Waals surface area contributed by atoms with E-state index in [-0.39, 0.29) is 12.1 Å². The van der Waals surface area contributed by atoms with E-state index in [1.54, 1.807) is 26.0 Å². The van der Waals surface area contributed by atoms with Crippen LogP contribution in [-0.2, 0) is 16.1 Å². The quantitative estimate of drug-likeness (QED) is 0.0699. The summed E-state index contributed by atoms with van der Waals surface area (Å²) in [4.78, 5) is 17.3. The molecule has 0 atom stereocenters. The number of unbranched alkanes of at least 4 members (excludes halogenated alkanes) is 2. The lowest BCUT2D eigenvalue weighted by Crippen LogP contribution is -2.51. The molecule has 0 radical (unpaired) electrons. The molecule has 0 fully saturated rings. The predicted molar refractivity (Wildman–Crippen MR) is 187 cm³/mol. The molecule has 1 heterocycles. The molecule has 3 aromatic carbocycles. The van der Waals surface area contributed by atoms with Gasteiger partial charge in [0.15, 0.2) is 5.75 Å². The average Bonchev–Trinajstić information content (AvgIpc) is 3.19. The van der Waals surface area contributed by atoms with E-state index in [2.05, 4.69) is 65.5 Å². The molecule has 1 aliphatic heterocycles. The molecule has 0 bridgehead atoms. The Labute approximate surface area is 278 Å². The van der Waals surface area contributed by atoms with Crippen LogP contribution in [-0.4, -0.2) is 50.2 Å². The maximum absolute atomic E-state index is 14.6. The van der Waals surface area contributed by atoms with E-state index < -0.39 is 11.8 Å². The van der Waals surface area contributed by atoms with Crippen LogP contribution in [0.3, 0.4) is 0 Å². The molecule has 0 saturated heterocycles. The number of anilines is 3. The van der Waals surface area contributed by atoms with Gasteiger partial charge < -0.3 is 24.0 Å². The van der Waals surface area contributed by atoms with Crippen molar-refractivity contribution in [2.24, 2.45) is 0 Å². The summed E-state index contributed by atoms with van der Waals surface area (Å²) in [5.74, 6) is -0.852. The molecule has 0 spiro atoms. The second-order valence-electron chi connectivity index (χ2n) is 11.8. The van der Waals surface area contributed by atoms with Gasteiger partial charge in [0.05, 0.1) is 30.0 Å². The zero-order valence-electron chi connectivity index (χ0n) is 28.1. The molecule has 0 N–H and O–H groups in total. The number of esters is 1. The van der Waals surface area contributed by atoms with Crippen molar-refractivity contribution in [1.82, 2.24) is 4.31 Å². The van der Waals surface area contributed by atoms with Gasteiger partial charge in [0.2, 0.25) is 5.83 Å². The van der Waals surface area contributed by atoms with E-state index in [1.807, 2.05) is 43.3 Å². The number of benzene rings is 3. The zero-order valence-corrected chi connectivity index (χ0v) is 28.9. The highest BCUT2D eigenvalue weighted by atomic mass is 32.2. The second-order valence-corrected chi connectivity index (χ2v) is 12.9. The largest absolute Gasteiger partial charge is 0.497 e. The van der Waals surface area contributed by atoms with Gasteiger partial charge in [-0.15, -0.1) is 0 Å². The first kappa shape index (κ1) is 35.2. The van der Waals surface area contributed by atoms with Crippen LogP contribution in [0.25, 0.3) is 0 Å². The molecule has 0 aromatic heterocycles. The fourth-order valence-electron chi connectivity index (χ4n) is 5.78. The van der Waals surface area contributed by atoms with Crippen molar-refractivity contribution >= 4 is 35.0 Å². The molecule has 1 aliphatic rings. The third-order valence-corrected chi connectivity index (χ3v) is 9.57. The first-order chi connectivity index (χ1) is 22.2. The van der Waals surface area contributed by atoms with Gasteiger partial charge >= 0.3 is 5.97 Å². The lowest BCUT2D eigenvalue weighted by molar-refractivity contribution is -0.140. The Morgan fingerprint density at radius 3 is 2.26 bits per heavy atom. The molecule has 9 heteroatoms. The van der Waals surface area contributed by atoms with Gasteiger partial charge in [0.1, 0.15) is 12.0 Å². The number of carbonyl (C=O) groups excluding carboxylic acids is 1. The minimum atomic E-state index is -1.08. The highest BCUT2D eigenvalue weighted by Gasteiger charge is 2.42. The maximum atomic E-state index is 14.6. The minimum Gasteiger partial charge on any atom is -0.497 e. The van der Waals surface area contributed by atoms with Gasteiger partial charge in [-0.25, -0.2) is 9.10 Å². The molecule has 3 aromatic rings. The van der Waals surface area contributed by atoms with Crippen molar-refractivity contribution in [2.45, 2.75) is 76.3 Å². The number of carbonyl (C=O) groups is 1. The smallest absolute Gasteiger partial charge is 0.370 e. The van der Waals surface area contributed by atoms with Crippen LogP contribution in [0.1, 0.15) is 64.9 Å². The minimum absolute atomic E-state index is 0.0791. The number of ether oxygens (including phenoxy) is 3. The molecular formula is C37H48FN3O4S. The second kappa shape index (κ2) is 16.7. The Kier molecular flexibility index (Phi) is 12.8. The summed E-state index contributed by atoms with van der Waals surface area (Å²) in [5.41, 5.74) is 3.97. The summed E-state index contributed by atoms with van der Waals surface area (Å²) in [7, 11) is 5.55. The third-order valence-electron chi connectivity index (χ3n) is 8.31. The van der Waals surface area contributed by atoms with E-state index in [1.165, 1.54) is 5.56 Å². The number of hydrogen-bond donors (Lipinski definition) is 0. The summed E-state index contributed by atoms with van der Waals surface area (Å²) in [6.07, 6.45) is 7.35. The Morgan fingerprint density at radius 2 is 1.67 bits per heavy atom. The van der Waals surface area contributed by atoms with Crippen LogP contribution in [0, 0.1) is 0 Å². The number of nitrogens with zero attached hydrogens (tertiary/aromatic N) is 3. The highest BCUT2D eigenvalue weighted by molar-refractivity contribution is 7.97. The van der Waals surface area contributed by atoms with Crippen molar-refractivity contribution in [3.05, 3.63) is 84.4 Å². The number of methoxy groups -OCH3 is 1. The summed E-state index contributed by atoms with van der Waals surface area (Å²) in [5, 5.41) is 0. The van der Waals surface area contributed by atoms with Crippen LogP contribution in [0.2, 0.25) is 0 Å². The summed E-state index contributed by atoms with van der Waals surface area (Å²) in [6, 6.07) is 22.9. The van der Waals surface area contributed by atoms with E-state index in [0.717, 1.165) is 85.6 Å². The van der Waals surface area contributed by atoms with Crippen LogP contribution in [0.15, 0.2) is 83.7 Å². The summed E-state index contributed by atoms with van der Waals surface area (Å²) >= 11 is 1.73. The van der Waals surface area contributed by atoms with Crippen LogP contribution in [0.4, 0.5) is 21.5 Å². The van der Waals surface area contributed by atoms with Gasteiger partial charge in [-0.3, -0.25) is 0 Å². The van der Waals surface area contributed by atoms with Crippen molar-refractivity contribution in [1.29, 1.82) is 0 Å². The van der Waals surface area contributed by atoms with Crippen molar-refractivity contribution in [3.8, 4) is 11.5 Å². The van der Waals surface area contributed by atoms with Crippen molar-refractivity contribution in [2.75, 3.05) is 44.2 Å². The topological polar surface area (TPSA) is 54.5 Å². The number of rotatable bonds is 15. The molecule has 0 amide bonds. The molecule has 0 unspecified atom stereocenters. The molecule has 0 saturated carbocycles. The van der Waals surface area contributed by atoms with Crippen molar-refractivity contribution in [3.63, 3.8) is 0 Å². The fraction of sp³-hybridized carbons (Fsp3) is 0.432. The average molecular weight is 650 g/mol. The predicted octanol–water partition coefficient (Wildman–Crippen LogP) is 9.29. The molecule has 248 valence electrons. The standard InChI is InChI=1S/C37H48FN3O4S/c1-7-10-21-37(22-11-8-2)27-40(29-15-13-12-14-16-29)33-23-32(39(4)5)34(45-26-31(38)36(42)44-9-3)24-35(33)46-41(37)25-28-17-19-30(43-6)20-18-28/h12-20,23-24,26H,7-11,21-22,25,27H2,1-6H3/b31-26-. The van der Waals surface area contributed by atoms with Gasteiger partial charge in [-0.2, -0.15) is 4.39 Å². The normalized spacial score (nSPS) is 14.8. The van der Waals surface area contributed by atoms with Crippen LogP contribution in [0.5, 0.6) is 11.5 Å². The molecule has 46 heavy (non-hydrogen) atoms. The van der Waals surface area contributed by atoms with E-state index >= 15 is 0 Å². The van der Waals surface area contributed by atoms with Crippen LogP contribution >= 0.6 is 11.9 Å². The van der Waals surface area contributed by atoms with Gasteiger partial charge in [-0.05, 0) is 73.7 Å². The molecular weight excluding hydrogens is 601 g/mol. The first-order valence-electron chi connectivity index (χ1n) is 16.2. The Bertz CT molecular complexity index is 1440. The molecule has 0 aliphatic carbocycles. The van der Waals surface area contributed by atoms with Crippen LogP contribution < -0.4 is 19.3 Å². The fourth-order valence-corrected chi connectivity index (χ4v) is 7.09. The van der Waals surface area contributed by atoms with Gasteiger partial charge in [0, 0.05) is 38.4 Å². The summed E-state index contributed by atoms with van der Waals surface area (Å²) < 4.78 is 33.3. The lowest BCUT2D eigenvalue weighted by atomic mass is 9.85. The van der Waals surface area contributed by atoms with Gasteiger partial charge in [0.25, 0.3) is 0 Å². The van der Waals surface area contributed by atoms with Crippen molar-refractivity contribution < 1.29 is 23.4 Å². The van der Waals surface area contributed by atoms with Gasteiger partial charge in [-0.1, -0.05) is 69.9 Å². The van der Waals surface area contributed by atoms with E-state index in [4.69, 9.17) is 14.2 Å². The number of halogens is 1. The highest BCUT2D eigenvalue weighted by Crippen LogP contribution is 2.51. The number of fused-ring (bicyclic) bond motifs is 1. The van der Waals surface area contributed by atoms with E-state index in [0.29, 0.717) is 5.75 Å². The van der Waals surface area contributed by atoms with E-state index in [9.17, 15) is 9.18 Å². The number of para-hydroxylation sites is 1. The Balaban J connectivity index is 1.90. The number of hydrogen-bond acceptors (Lipinski definition) is 8. The zero-order chi connectivity index (χ0) is 33.1. The Morgan fingerprint density at radius 1 is 1.00 bits per heavy atom. The lowest BCUT2D eigenvalue weighted by Gasteiger charge is -2.44. The monoisotopic (exact) mass is 649 g/mol.